The summed E-state index contributed by atoms with van der Waals surface area (Å²) in [5, 5.41) is 0. The number of benzene rings is 1. The Bertz CT molecular complexity index is 446. The minimum absolute atomic E-state index is 0.137. The molecule has 20 heavy (non-hydrogen) atoms. The molecule has 1 heteroatoms. The van der Waals surface area contributed by atoms with E-state index in [4.69, 9.17) is 0 Å². The van der Waals surface area contributed by atoms with Crippen molar-refractivity contribution in [3.63, 3.8) is 0 Å². The minimum Gasteiger partial charge on any atom is -0.295 e. The molecule has 0 bridgehead atoms. The van der Waals surface area contributed by atoms with Crippen LogP contribution < -0.4 is 0 Å². The van der Waals surface area contributed by atoms with Gasteiger partial charge in [-0.05, 0) is 35.7 Å². The first kappa shape index (κ1) is 16.9. The van der Waals surface area contributed by atoms with Gasteiger partial charge >= 0.3 is 0 Å². The summed E-state index contributed by atoms with van der Waals surface area (Å²) in [6.45, 7) is 15.5. The second-order valence-corrected chi connectivity index (χ2v) is 7.82. The standard InChI is InChI=1S/C19H30O/c1-8-19(6,7)13-17(18(3,4)5)16-11-9-15(10-12-16)14(2)20/h9-12,17H,8,13H2,1-7H3. The van der Waals surface area contributed by atoms with E-state index in [1.807, 2.05) is 12.1 Å². The maximum Gasteiger partial charge on any atom is 0.159 e. The van der Waals surface area contributed by atoms with Gasteiger partial charge in [0, 0.05) is 5.56 Å². The van der Waals surface area contributed by atoms with Crippen molar-refractivity contribution in [1.29, 1.82) is 0 Å². The quantitative estimate of drug-likeness (QED) is 0.616. The number of ketones is 1. The van der Waals surface area contributed by atoms with Gasteiger partial charge < -0.3 is 0 Å². The lowest BCUT2D eigenvalue weighted by Gasteiger charge is -2.37. The van der Waals surface area contributed by atoms with Crippen molar-refractivity contribution in [3.05, 3.63) is 35.4 Å². The molecule has 0 amide bonds. The predicted octanol–water partition coefficient (Wildman–Crippen LogP) is 5.85. The van der Waals surface area contributed by atoms with E-state index in [2.05, 4.69) is 53.7 Å². The zero-order valence-corrected chi connectivity index (χ0v) is 14.2. The van der Waals surface area contributed by atoms with Gasteiger partial charge in [-0.25, -0.2) is 0 Å². The molecule has 112 valence electrons. The van der Waals surface area contributed by atoms with Gasteiger partial charge in [0.1, 0.15) is 0 Å². The van der Waals surface area contributed by atoms with Gasteiger partial charge in [-0.15, -0.1) is 0 Å². The summed E-state index contributed by atoms with van der Waals surface area (Å²) in [5.41, 5.74) is 2.72. The monoisotopic (exact) mass is 274 g/mol. The Morgan fingerprint density at radius 3 is 1.90 bits per heavy atom. The summed E-state index contributed by atoms with van der Waals surface area (Å²) in [4.78, 5) is 11.4. The van der Waals surface area contributed by atoms with Crippen LogP contribution in [-0.2, 0) is 0 Å². The van der Waals surface area contributed by atoms with Crippen LogP contribution in [0.4, 0.5) is 0 Å². The summed E-state index contributed by atoms with van der Waals surface area (Å²) in [6.07, 6.45) is 2.36. The van der Waals surface area contributed by atoms with Crippen LogP contribution in [0.3, 0.4) is 0 Å². The third kappa shape index (κ3) is 4.47. The lowest BCUT2D eigenvalue weighted by molar-refractivity contribution is 0.101. The normalized spacial score (nSPS) is 14.2. The van der Waals surface area contributed by atoms with Gasteiger partial charge in [0.05, 0.1) is 0 Å². The molecule has 0 aromatic heterocycles. The van der Waals surface area contributed by atoms with Crippen LogP contribution in [-0.4, -0.2) is 5.78 Å². The molecule has 0 heterocycles. The molecule has 0 aliphatic rings. The van der Waals surface area contributed by atoms with Crippen LogP contribution in [0.5, 0.6) is 0 Å². The van der Waals surface area contributed by atoms with E-state index in [1.54, 1.807) is 6.92 Å². The van der Waals surface area contributed by atoms with Crippen LogP contribution in [0.1, 0.15) is 83.1 Å². The van der Waals surface area contributed by atoms with E-state index in [0.717, 1.165) is 5.56 Å². The SMILES string of the molecule is CCC(C)(C)CC(c1ccc(C(C)=O)cc1)C(C)(C)C. The lowest BCUT2D eigenvalue weighted by Crippen LogP contribution is -2.25. The third-order valence-electron chi connectivity index (χ3n) is 4.48. The Labute approximate surface area is 124 Å². The summed E-state index contributed by atoms with van der Waals surface area (Å²) >= 11 is 0. The topological polar surface area (TPSA) is 17.1 Å². The average molecular weight is 274 g/mol. The molecule has 0 saturated carbocycles. The van der Waals surface area contributed by atoms with Crippen molar-refractivity contribution in [2.45, 2.75) is 67.2 Å². The molecule has 1 aromatic rings. The molecular weight excluding hydrogens is 244 g/mol. The Morgan fingerprint density at radius 1 is 1.05 bits per heavy atom. The van der Waals surface area contributed by atoms with Crippen LogP contribution in [0.25, 0.3) is 0 Å². The second-order valence-electron chi connectivity index (χ2n) is 7.82. The van der Waals surface area contributed by atoms with E-state index in [9.17, 15) is 4.79 Å². The van der Waals surface area contributed by atoms with Gasteiger partial charge in [-0.1, -0.05) is 72.2 Å². The molecule has 0 radical (unpaired) electrons. The molecule has 1 aromatic carbocycles. The number of hydrogen-bond acceptors (Lipinski definition) is 1. The zero-order valence-electron chi connectivity index (χ0n) is 14.2. The molecule has 1 rings (SSSR count). The minimum atomic E-state index is 0.137. The first-order valence-electron chi connectivity index (χ1n) is 7.68. The summed E-state index contributed by atoms with van der Waals surface area (Å²) < 4.78 is 0. The van der Waals surface area contributed by atoms with Gasteiger partial charge in [-0.2, -0.15) is 0 Å². The molecule has 0 saturated heterocycles. The number of hydrogen-bond donors (Lipinski definition) is 0. The van der Waals surface area contributed by atoms with Crippen LogP contribution in [0.2, 0.25) is 0 Å². The van der Waals surface area contributed by atoms with Crippen molar-refractivity contribution in [2.24, 2.45) is 10.8 Å². The summed E-state index contributed by atoms with van der Waals surface area (Å²) in [7, 11) is 0. The number of carbonyl (C=O) groups is 1. The van der Waals surface area contributed by atoms with E-state index >= 15 is 0 Å². The molecule has 1 unspecified atom stereocenters. The van der Waals surface area contributed by atoms with Crippen molar-refractivity contribution in [1.82, 2.24) is 0 Å². The van der Waals surface area contributed by atoms with Crippen LogP contribution in [0, 0.1) is 10.8 Å². The van der Waals surface area contributed by atoms with Gasteiger partial charge in [0.2, 0.25) is 0 Å². The summed E-state index contributed by atoms with van der Waals surface area (Å²) in [6, 6.07) is 8.21. The molecule has 0 fully saturated rings. The molecule has 0 N–H and O–H groups in total. The van der Waals surface area contributed by atoms with Crippen molar-refractivity contribution in [2.75, 3.05) is 0 Å². The van der Waals surface area contributed by atoms with Gasteiger partial charge in [0.15, 0.2) is 5.78 Å². The second kappa shape index (κ2) is 6.11. The molecule has 0 aliphatic heterocycles. The molecule has 1 nitrogen and oxygen atoms in total. The fourth-order valence-corrected chi connectivity index (χ4v) is 2.57. The zero-order chi connectivity index (χ0) is 15.6. The highest BCUT2D eigenvalue weighted by Gasteiger charge is 2.31. The maximum atomic E-state index is 11.4. The van der Waals surface area contributed by atoms with Gasteiger partial charge in [0.25, 0.3) is 0 Å². The first-order chi connectivity index (χ1) is 9.07. The van der Waals surface area contributed by atoms with Crippen molar-refractivity contribution < 1.29 is 4.79 Å². The van der Waals surface area contributed by atoms with Crippen molar-refractivity contribution in [3.8, 4) is 0 Å². The molecule has 1 atom stereocenters. The fourth-order valence-electron chi connectivity index (χ4n) is 2.57. The smallest absolute Gasteiger partial charge is 0.159 e. The highest BCUT2D eigenvalue weighted by molar-refractivity contribution is 5.94. The molecule has 0 aliphatic carbocycles. The Hall–Kier alpha value is -1.11. The molecule has 0 spiro atoms. The number of carbonyl (C=O) groups excluding carboxylic acids is 1. The Kier molecular flexibility index (Phi) is 5.18. The molecular formula is C19H30O. The Balaban J connectivity index is 3.09. The largest absolute Gasteiger partial charge is 0.295 e. The number of rotatable bonds is 5. The highest BCUT2D eigenvalue weighted by atomic mass is 16.1. The predicted molar refractivity (Wildman–Crippen MR) is 87.3 cm³/mol. The number of Topliss-reactive ketones (excluding diaryl/α,β-unsaturated/α-hetero) is 1. The van der Waals surface area contributed by atoms with E-state index in [0.29, 0.717) is 11.3 Å². The van der Waals surface area contributed by atoms with Crippen LogP contribution >= 0.6 is 0 Å². The van der Waals surface area contributed by atoms with Gasteiger partial charge in [-0.3, -0.25) is 4.79 Å². The van der Waals surface area contributed by atoms with Crippen molar-refractivity contribution >= 4 is 5.78 Å². The van der Waals surface area contributed by atoms with E-state index < -0.39 is 0 Å². The van der Waals surface area contributed by atoms with E-state index in [-0.39, 0.29) is 11.2 Å². The highest BCUT2D eigenvalue weighted by Crippen LogP contribution is 2.44. The summed E-state index contributed by atoms with van der Waals surface area (Å²) in [5.74, 6) is 0.649. The first-order valence-corrected chi connectivity index (χ1v) is 7.68. The van der Waals surface area contributed by atoms with Crippen LogP contribution in [0.15, 0.2) is 24.3 Å². The maximum absolute atomic E-state index is 11.4. The average Bonchev–Trinajstić information content (AvgIpc) is 2.35. The lowest BCUT2D eigenvalue weighted by atomic mass is 9.68. The van der Waals surface area contributed by atoms with E-state index in [1.165, 1.54) is 18.4 Å². The third-order valence-corrected chi connectivity index (χ3v) is 4.48. The Morgan fingerprint density at radius 2 is 1.55 bits per heavy atom. The fraction of sp³-hybridized carbons (Fsp3) is 0.632.